The average molecular weight is 390 g/mol. The van der Waals surface area contributed by atoms with E-state index in [9.17, 15) is 9.59 Å². The third kappa shape index (κ3) is 4.38. The van der Waals surface area contributed by atoms with Crippen LogP contribution in [0.15, 0.2) is 17.1 Å². The molecule has 3 aliphatic heterocycles. The summed E-state index contributed by atoms with van der Waals surface area (Å²) in [4.78, 5) is 34.6. The van der Waals surface area contributed by atoms with Gasteiger partial charge in [-0.1, -0.05) is 12.5 Å². The summed E-state index contributed by atoms with van der Waals surface area (Å²) in [5.41, 5.74) is 5.60. The monoisotopic (exact) mass is 389 g/mol. The molecule has 4 rings (SSSR count). The quantitative estimate of drug-likeness (QED) is 0.761. The maximum absolute atomic E-state index is 12.5. The molecule has 0 spiro atoms. The Kier molecular flexibility index (Phi) is 5.96. The van der Waals surface area contributed by atoms with Crippen molar-refractivity contribution in [2.24, 2.45) is 10.7 Å². The molecule has 4 aliphatic rings. The van der Waals surface area contributed by atoms with Gasteiger partial charge >= 0.3 is 6.09 Å². The molecule has 1 atom stereocenters. The standard InChI is InChI=1S/C20H31N5O3/c21-19(26)18-5-4-16(14-22-18)23-8-6-17(7-9-23)28-20(27)25-12-10-24(11-13-25)15-2-1-3-15/h4-5,15-17H,1-3,6-14H2,(H2,21,26). The predicted molar refractivity (Wildman–Crippen MR) is 106 cm³/mol. The van der Waals surface area contributed by atoms with Crippen molar-refractivity contribution < 1.29 is 14.3 Å². The van der Waals surface area contributed by atoms with Crippen LogP contribution in [-0.2, 0) is 9.53 Å². The zero-order valence-corrected chi connectivity index (χ0v) is 16.5. The molecule has 2 amide bonds. The molecule has 0 aromatic heterocycles. The zero-order chi connectivity index (χ0) is 19.5. The Balaban J connectivity index is 1.17. The number of primary amides is 1. The lowest BCUT2D eigenvalue weighted by molar-refractivity contribution is -0.111. The van der Waals surface area contributed by atoms with Gasteiger partial charge in [0.2, 0.25) is 0 Å². The van der Waals surface area contributed by atoms with Gasteiger partial charge in [0.05, 0.1) is 6.54 Å². The smallest absolute Gasteiger partial charge is 0.410 e. The molecule has 0 aromatic carbocycles. The summed E-state index contributed by atoms with van der Waals surface area (Å²) in [5, 5.41) is 0. The van der Waals surface area contributed by atoms with E-state index in [1.54, 1.807) is 6.08 Å². The highest BCUT2D eigenvalue weighted by molar-refractivity contribution is 6.43. The fourth-order valence-corrected chi connectivity index (χ4v) is 4.47. The largest absolute Gasteiger partial charge is 0.446 e. The van der Waals surface area contributed by atoms with Crippen molar-refractivity contribution in [3.63, 3.8) is 0 Å². The fourth-order valence-electron chi connectivity index (χ4n) is 4.47. The number of nitrogens with two attached hydrogens (primary N) is 1. The van der Waals surface area contributed by atoms with Crippen LogP contribution in [0.4, 0.5) is 4.79 Å². The summed E-state index contributed by atoms with van der Waals surface area (Å²) in [6.07, 6.45) is 9.21. The lowest BCUT2D eigenvalue weighted by Gasteiger charge is -2.43. The number of carbonyl (C=O) groups is 2. The van der Waals surface area contributed by atoms with Crippen LogP contribution < -0.4 is 5.73 Å². The SMILES string of the molecule is NC(=O)C1=NCC(N2CCC(OC(=O)N3CCN(C4CCC4)CC3)CC2)C=C1. The lowest BCUT2D eigenvalue weighted by Crippen LogP contribution is -2.54. The molecular weight excluding hydrogens is 358 g/mol. The molecule has 1 unspecified atom stereocenters. The van der Waals surface area contributed by atoms with Crippen molar-refractivity contribution >= 4 is 17.7 Å². The molecule has 3 fully saturated rings. The summed E-state index contributed by atoms with van der Waals surface area (Å²) < 4.78 is 5.79. The first-order valence-corrected chi connectivity index (χ1v) is 10.6. The number of hydrogen-bond acceptors (Lipinski definition) is 6. The van der Waals surface area contributed by atoms with Gasteiger partial charge in [0, 0.05) is 51.4 Å². The fraction of sp³-hybridized carbons (Fsp3) is 0.750. The van der Waals surface area contributed by atoms with Crippen LogP contribution in [0.3, 0.4) is 0 Å². The van der Waals surface area contributed by atoms with Crippen LogP contribution in [0.25, 0.3) is 0 Å². The molecule has 2 saturated heterocycles. The second-order valence-corrected chi connectivity index (χ2v) is 8.24. The summed E-state index contributed by atoms with van der Waals surface area (Å²) >= 11 is 0. The van der Waals surface area contributed by atoms with Crippen LogP contribution in [0.2, 0.25) is 0 Å². The highest BCUT2D eigenvalue weighted by Gasteiger charge is 2.32. The van der Waals surface area contributed by atoms with E-state index in [-0.39, 0.29) is 18.2 Å². The molecule has 0 bridgehead atoms. The van der Waals surface area contributed by atoms with Gasteiger partial charge in [0.15, 0.2) is 0 Å². The number of hydrogen-bond donors (Lipinski definition) is 1. The minimum atomic E-state index is -0.478. The number of likely N-dealkylation sites (tertiary alicyclic amines) is 1. The summed E-state index contributed by atoms with van der Waals surface area (Å²) in [5.74, 6) is -0.478. The minimum Gasteiger partial charge on any atom is -0.446 e. The maximum Gasteiger partial charge on any atom is 0.410 e. The number of rotatable bonds is 4. The van der Waals surface area contributed by atoms with Crippen LogP contribution in [0.1, 0.15) is 32.1 Å². The second-order valence-electron chi connectivity index (χ2n) is 8.24. The molecule has 1 saturated carbocycles. The van der Waals surface area contributed by atoms with E-state index in [4.69, 9.17) is 10.5 Å². The number of piperidine rings is 1. The number of nitrogens with zero attached hydrogens (tertiary/aromatic N) is 4. The van der Waals surface area contributed by atoms with Crippen LogP contribution in [0.5, 0.6) is 0 Å². The van der Waals surface area contributed by atoms with Gasteiger partial charge in [-0.05, 0) is 31.8 Å². The molecule has 3 heterocycles. The second kappa shape index (κ2) is 8.61. The van der Waals surface area contributed by atoms with Gasteiger partial charge in [-0.3, -0.25) is 19.6 Å². The van der Waals surface area contributed by atoms with Crippen molar-refractivity contribution in [3.05, 3.63) is 12.2 Å². The van der Waals surface area contributed by atoms with E-state index in [1.807, 2.05) is 11.0 Å². The summed E-state index contributed by atoms with van der Waals surface area (Å²) in [7, 11) is 0. The van der Waals surface area contributed by atoms with Crippen molar-refractivity contribution in [1.82, 2.24) is 14.7 Å². The topological polar surface area (TPSA) is 91.5 Å². The third-order valence-electron chi connectivity index (χ3n) is 6.55. The Morgan fingerprint density at radius 1 is 1.00 bits per heavy atom. The molecule has 0 radical (unpaired) electrons. The van der Waals surface area contributed by atoms with E-state index in [1.165, 1.54) is 19.3 Å². The average Bonchev–Trinajstić information content (AvgIpc) is 2.68. The zero-order valence-electron chi connectivity index (χ0n) is 16.5. The molecule has 2 N–H and O–H groups in total. The van der Waals surface area contributed by atoms with Gasteiger partial charge in [-0.25, -0.2) is 4.79 Å². The van der Waals surface area contributed by atoms with Gasteiger partial charge < -0.3 is 15.4 Å². The van der Waals surface area contributed by atoms with E-state index < -0.39 is 5.91 Å². The van der Waals surface area contributed by atoms with E-state index in [0.717, 1.165) is 58.2 Å². The molecule has 8 heteroatoms. The van der Waals surface area contributed by atoms with Crippen LogP contribution in [0, 0.1) is 0 Å². The number of piperazine rings is 1. The molecule has 1 aliphatic carbocycles. The number of aliphatic imine (C=N–C) groups is 1. The first kappa shape index (κ1) is 19.4. The number of amides is 2. The van der Waals surface area contributed by atoms with Gasteiger partial charge in [0.1, 0.15) is 11.8 Å². The van der Waals surface area contributed by atoms with Crippen molar-refractivity contribution in [2.75, 3.05) is 45.8 Å². The van der Waals surface area contributed by atoms with Gasteiger partial charge in [-0.15, -0.1) is 0 Å². The number of dihydropyridines is 1. The van der Waals surface area contributed by atoms with E-state index in [2.05, 4.69) is 14.8 Å². The minimum absolute atomic E-state index is 0.00864. The van der Waals surface area contributed by atoms with E-state index in [0.29, 0.717) is 12.3 Å². The normalized spacial score (nSPS) is 27.9. The lowest BCUT2D eigenvalue weighted by atomic mass is 9.91. The van der Waals surface area contributed by atoms with E-state index >= 15 is 0 Å². The predicted octanol–water partition coefficient (Wildman–Crippen LogP) is 0.622. The highest BCUT2D eigenvalue weighted by atomic mass is 16.6. The van der Waals surface area contributed by atoms with Crippen LogP contribution in [-0.4, -0.2) is 96.4 Å². The molecule has 8 nitrogen and oxygen atoms in total. The Morgan fingerprint density at radius 3 is 2.25 bits per heavy atom. The first-order valence-electron chi connectivity index (χ1n) is 10.6. The highest BCUT2D eigenvalue weighted by Crippen LogP contribution is 2.26. The number of carbonyl (C=O) groups excluding carboxylic acids is 2. The van der Waals surface area contributed by atoms with Crippen molar-refractivity contribution in [3.8, 4) is 0 Å². The molecule has 0 aromatic rings. The van der Waals surface area contributed by atoms with Gasteiger partial charge in [0.25, 0.3) is 5.91 Å². The Bertz CT molecular complexity index is 644. The number of ether oxygens (including phenoxy) is 1. The molecular formula is C20H31N5O3. The summed E-state index contributed by atoms with van der Waals surface area (Å²) in [6.45, 7) is 5.79. The Morgan fingerprint density at radius 2 is 1.71 bits per heavy atom. The third-order valence-corrected chi connectivity index (χ3v) is 6.55. The van der Waals surface area contributed by atoms with Crippen LogP contribution >= 0.6 is 0 Å². The summed E-state index contributed by atoms with van der Waals surface area (Å²) in [6, 6.07) is 0.944. The molecule has 28 heavy (non-hydrogen) atoms. The first-order chi connectivity index (χ1) is 13.6. The Hall–Kier alpha value is -1.93. The maximum atomic E-state index is 12.5. The van der Waals surface area contributed by atoms with Crippen molar-refractivity contribution in [2.45, 2.75) is 50.3 Å². The van der Waals surface area contributed by atoms with Crippen molar-refractivity contribution in [1.29, 1.82) is 0 Å². The van der Waals surface area contributed by atoms with Gasteiger partial charge in [-0.2, -0.15) is 0 Å². The molecule has 154 valence electrons. The Labute approximate surface area is 166 Å².